The van der Waals surface area contributed by atoms with E-state index in [1.54, 1.807) is 0 Å². The zero-order valence-corrected chi connectivity index (χ0v) is 14.1. The molecular formula is C18H30N4. The molecular weight excluding hydrogens is 272 g/mol. The summed E-state index contributed by atoms with van der Waals surface area (Å²) < 4.78 is 0. The normalized spacial score (nSPS) is 24.7. The maximum absolute atomic E-state index is 3.59. The summed E-state index contributed by atoms with van der Waals surface area (Å²) in [5, 5.41) is 3.59. The van der Waals surface area contributed by atoms with Gasteiger partial charge in [-0.25, -0.2) is 0 Å². The van der Waals surface area contributed by atoms with E-state index in [0.29, 0.717) is 6.04 Å². The lowest BCUT2D eigenvalue weighted by Crippen LogP contribution is -2.43. The molecule has 0 spiro atoms. The van der Waals surface area contributed by atoms with Crippen molar-refractivity contribution in [1.82, 2.24) is 14.7 Å². The summed E-state index contributed by atoms with van der Waals surface area (Å²) in [6.45, 7) is 8.14. The van der Waals surface area contributed by atoms with Gasteiger partial charge in [-0.2, -0.15) is 0 Å². The molecule has 1 atom stereocenters. The monoisotopic (exact) mass is 302 g/mol. The number of hydrogen-bond donors (Lipinski definition) is 1. The molecule has 2 aliphatic rings. The van der Waals surface area contributed by atoms with Crippen molar-refractivity contribution in [3.05, 3.63) is 29.8 Å². The molecule has 0 aromatic heterocycles. The number of nitrogens with one attached hydrogen (secondary N) is 1. The molecule has 2 saturated heterocycles. The van der Waals surface area contributed by atoms with Gasteiger partial charge in [-0.3, -0.25) is 4.90 Å². The standard InChI is InChI=1S/C18H30N4/c1-20-10-12-22(13-11-20)15-16-5-7-17(8-6-16)19-14-18-4-3-9-21(18)2/h5-8,18-19H,3-4,9-15H2,1-2H3. The van der Waals surface area contributed by atoms with Crippen molar-refractivity contribution in [2.75, 3.05) is 58.7 Å². The lowest BCUT2D eigenvalue weighted by atomic mass is 10.1. The lowest BCUT2D eigenvalue weighted by Gasteiger charge is -2.32. The molecule has 1 unspecified atom stereocenters. The molecule has 2 heterocycles. The van der Waals surface area contributed by atoms with E-state index in [9.17, 15) is 0 Å². The van der Waals surface area contributed by atoms with Crippen molar-refractivity contribution in [3.8, 4) is 0 Å². The number of piperazine rings is 1. The van der Waals surface area contributed by atoms with E-state index in [4.69, 9.17) is 0 Å². The van der Waals surface area contributed by atoms with E-state index in [1.165, 1.54) is 56.8 Å². The predicted octanol–water partition coefficient (Wildman–Crippen LogP) is 1.94. The fourth-order valence-corrected chi connectivity index (χ4v) is 3.47. The zero-order valence-electron chi connectivity index (χ0n) is 14.1. The predicted molar refractivity (Wildman–Crippen MR) is 93.4 cm³/mol. The molecule has 0 bridgehead atoms. The fourth-order valence-electron chi connectivity index (χ4n) is 3.47. The van der Waals surface area contributed by atoms with Gasteiger partial charge in [0, 0.05) is 51.0 Å². The number of benzene rings is 1. The number of nitrogens with zero attached hydrogens (tertiary/aromatic N) is 3. The SMILES string of the molecule is CN1CCN(Cc2ccc(NCC3CCCN3C)cc2)CC1. The van der Waals surface area contributed by atoms with E-state index < -0.39 is 0 Å². The molecule has 1 aromatic carbocycles. The second-order valence-electron chi connectivity index (χ2n) is 6.93. The van der Waals surface area contributed by atoms with Crippen LogP contribution in [-0.4, -0.2) is 74.1 Å². The Bertz CT molecular complexity index is 451. The van der Waals surface area contributed by atoms with Crippen molar-refractivity contribution in [2.24, 2.45) is 0 Å². The minimum atomic E-state index is 0.699. The van der Waals surface area contributed by atoms with Gasteiger partial charge in [-0.15, -0.1) is 0 Å². The third kappa shape index (κ3) is 4.22. The Hall–Kier alpha value is -1.10. The van der Waals surface area contributed by atoms with E-state index in [1.807, 2.05) is 0 Å². The molecule has 0 aliphatic carbocycles. The van der Waals surface area contributed by atoms with Crippen LogP contribution in [0.3, 0.4) is 0 Å². The fraction of sp³-hybridized carbons (Fsp3) is 0.667. The average molecular weight is 302 g/mol. The smallest absolute Gasteiger partial charge is 0.0340 e. The third-order valence-electron chi connectivity index (χ3n) is 5.17. The molecule has 0 amide bonds. The number of anilines is 1. The highest BCUT2D eigenvalue weighted by Crippen LogP contribution is 2.17. The summed E-state index contributed by atoms with van der Waals surface area (Å²) in [5.74, 6) is 0. The van der Waals surface area contributed by atoms with Crippen LogP contribution in [0.15, 0.2) is 24.3 Å². The lowest BCUT2D eigenvalue weighted by molar-refractivity contribution is 0.148. The van der Waals surface area contributed by atoms with Gasteiger partial charge in [0.05, 0.1) is 0 Å². The van der Waals surface area contributed by atoms with Crippen LogP contribution in [0.1, 0.15) is 18.4 Å². The molecule has 122 valence electrons. The van der Waals surface area contributed by atoms with E-state index >= 15 is 0 Å². The maximum Gasteiger partial charge on any atom is 0.0340 e. The maximum atomic E-state index is 3.59. The molecule has 0 saturated carbocycles. The van der Waals surface area contributed by atoms with E-state index in [-0.39, 0.29) is 0 Å². The topological polar surface area (TPSA) is 21.8 Å². The Morgan fingerprint density at radius 1 is 1.00 bits per heavy atom. The second kappa shape index (κ2) is 7.44. The summed E-state index contributed by atoms with van der Waals surface area (Å²) >= 11 is 0. The zero-order chi connectivity index (χ0) is 15.4. The highest BCUT2D eigenvalue weighted by Gasteiger charge is 2.20. The Morgan fingerprint density at radius 2 is 1.73 bits per heavy atom. The highest BCUT2D eigenvalue weighted by molar-refractivity contribution is 5.44. The number of likely N-dealkylation sites (N-methyl/N-ethyl adjacent to an activating group) is 2. The first-order valence-electron chi connectivity index (χ1n) is 8.64. The summed E-state index contributed by atoms with van der Waals surface area (Å²) in [6.07, 6.45) is 2.66. The minimum Gasteiger partial charge on any atom is -0.383 e. The Kier molecular flexibility index (Phi) is 5.34. The second-order valence-corrected chi connectivity index (χ2v) is 6.93. The largest absolute Gasteiger partial charge is 0.383 e. The van der Waals surface area contributed by atoms with Gasteiger partial charge in [-0.05, 0) is 51.2 Å². The van der Waals surface area contributed by atoms with Gasteiger partial charge in [0.2, 0.25) is 0 Å². The van der Waals surface area contributed by atoms with Crippen LogP contribution in [0.25, 0.3) is 0 Å². The van der Waals surface area contributed by atoms with E-state index in [2.05, 4.69) is 58.4 Å². The van der Waals surface area contributed by atoms with Crippen LogP contribution in [0.4, 0.5) is 5.69 Å². The molecule has 1 N–H and O–H groups in total. The molecule has 3 rings (SSSR count). The first kappa shape index (κ1) is 15.8. The Morgan fingerprint density at radius 3 is 2.36 bits per heavy atom. The van der Waals surface area contributed by atoms with Crippen LogP contribution >= 0.6 is 0 Å². The number of hydrogen-bond acceptors (Lipinski definition) is 4. The van der Waals surface area contributed by atoms with Gasteiger partial charge in [0.1, 0.15) is 0 Å². The van der Waals surface area contributed by atoms with Crippen molar-refractivity contribution in [2.45, 2.75) is 25.4 Å². The Balaban J connectivity index is 1.45. The molecule has 4 heteroatoms. The van der Waals surface area contributed by atoms with Gasteiger partial charge in [0.25, 0.3) is 0 Å². The van der Waals surface area contributed by atoms with Crippen LogP contribution in [-0.2, 0) is 6.54 Å². The summed E-state index contributed by atoms with van der Waals surface area (Å²) in [4.78, 5) is 7.42. The molecule has 22 heavy (non-hydrogen) atoms. The molecule has 4 nitrogen and oxygen atoms in total. The highest BCUT2D eigenvalue weighted by atomic mass is 15.2. The van der Waals surface area contributed by atoms with Crippen molar-refractivity contribution < 1.29 is 0 Å². The summed E-state index contributed by atoms with van der Waals surface area (Å²) in [5.41, 5.74) is 2.68. The molecule has 2 aliphatic heterocycles. The number of likely N-dealkylation sites (tertiary alicyclic amines) is 1. The van der Waals surface area contributed by atoms with Crippen molar-refractivity contribution >= 4 is 5.69 Å². The minimum absolute atomic E-state index is 0.699. The van der Waals surface area contributed by atoms with Crippen LogP contribution < -0.4 is 5.32 Å². The third-order valence-corrected chi connectivity index (χ3v) is 5.17. The van der Waals surface area contributed by atoms with Gasteiger partial charge < -0.3 is 15.1 Å². The Labute approximate surface area is 135 Å². The van der Waals surface area contributed by atoms with Gasteiger partial charge >= 0.3 is 0 Å². The first-order valence-corrected chi connectivity index (χ1v) is 8.64. The molecule has 2 fully saturated rings. The quantitative estimate of drug-likeness (QED) is 0.897. The summed E-state index contributed by atoms with van der Waals surface area (Å²) in [6, 6.07) is 9.73. The number of rotatable bonds is 5. The van der Waals surface area contributed by atoms with Crippen LogP contribution in [0.2, 0.25) is 0 Å². The first-order chi connectivity index (χ1) is 10.7. The van der Waals surface area contributed by atoms with Crippen molar-refractivity contribution in [1.29, 1.82) is 0 Å². The molecule has 1 aromatic rings. The van der Waals surface area contributed by atoms with Crippen LogP contribution in [0, 0.1) is 0 Å². The van der Waals surface area contributed by atoms with E-state index in [0.717, 1.165) is 13.1 Å². The van der Waals surface area contributed by atoms with Crippen LogP contribution in [0.5, 0.6) is 0 Å². The van der Waals surface area contributed by atoms with Gasteiger partial charge in [-0.1, -0.05) is 12.1 Å². The molecule has 0 radical (unpaired) electrons. The summed E-state index contributed by atoms with van der Waals surface area (Å²) in [7, 11) is 4.44. The van der Waals surface area contributed by atoms with Gasteiger partial charge in [0.15, 0.2) is 0 Å². The average Bonchev–Trinajstić information content (AvgIpc) is 2.94. The van der Waals surface area contributed by atoms with Crippen molar-refractivity contribution in [3.63, 3.8) is 0 Å².